The molecule has 2 aliphatic rings. The maximum Gasteiger partial charge on any atom is 0.354 e. The van der Waals surface area contributed by atoms with Gasteiger partial charge in [-0.15, -0.1) is 0 Å². The Morgan fingerprint density at radius 3 is 3.05 bits per heavy atom. The van der Waals surface area contributed by atoms with Crippen molar-refractivity contribution < 1.29 is 14.7 Å². The van der Waals surface area contributed by atoms with E-state index in [4.69, 9.17) is 5.11 Å². The Morgan fingerprint density at radius 2 is 2.26 bits per heavy atom. The van der Waals surface area contributed by atoms with E-state index in [9.17, 15) is 9.59 Å². The van der Waals surface area contributed by atoms with Crippen LogP contribution in [0, 0.1) is 0 Å². The van der Waals surface area contributed by atoms with Crippen LogP contribution >= 0.6 is 0 Å². The van der Waals surface area contributed by atoms with Gasteiger partial charge in [0.25, 0.3) is 0 Å². The van der Waals surface area contributed by atoms with Crippen LogP contribution in [-0.4, -0.2) is 59.2 Å². The smallest absolute Gasteiger partial charge is 0.354 e. The van der Waals surface area contributed by atoms with Crippen LogP contribution in [0.4, 0.5) is 10.6 Å². The number of hydrogen-bond donors (Lipinski definition) is 2. The van der Waals surface area contributed by atoms with Gasteiger partial charge in [0, 0.05) is 26.2 Å². The van der Waals surface area contributed by atoms with Crippen molar-refractivity contribution >= 4 is 17.8 Å². The van der Waals surface area contributed by atoms with E-state index in [1.165, 1.54) is 6.07 Å². The summed E-state index contributed by atoms with van der Waals surface area (Å²) in [6, 6.07) is 5.08. The molecule has 0 radical (unpaired) electrons. The molecular formula is C12H14N4O3. The number of hydrogen-bond acceptors (Lipinski definition) is 4. The number of piperazine rings is 1. The first kappa shape index (κ1) is 11.8. The number of nitrogens with one attached hydrogen (secondary N) is 1. The summed E-state index contributed by atoms with van der Waals surface area (Å²) in [5.74, 6) is -0.378. The molecular weight excluding hydrogens is 248 g/mol. The summed E-state index contributed by atoms with van der Waals surface area (Å²) in [7, 11) is 0. The number of carbonyl (C=O) groups excluding carboxylic acids is 1. The van der Waals surface area contributed by atoms with E-state index in [1.807, 2.05) is 9.80 Å². The number of aromatic carboxylic acids is 1. The van der Waals surface area contributed by atoms with E-state index in [0.29, 0.717) is 32.0 Å². The molecule has 0 bridgehead atoms. The Balaban J connectivity index is 1.78. The fraction of sp³-hybridized carbons (Fsp3) is 0.417. The monoisotopic (exact) mass is 262 g/mol. The molecule has 2 saturated heterocycles. The van der Waals surface area contributed by atoms with Crippen LogP contribution in [0.1, 0.15) is 10.5 Å². The fourth-order valence-corrected chi connectivity index (χ4v) is 2.53. The third-order valence-corrected chi connectivity index (χ3v) is 3.51. The van der Waals surface area contributed by atoms with Gasteiger partial charge in [-0.3, -0.25) is 0 Å². The molecule has 100 valence electrons. The van der Waals surface area contributed by atoms with Crippen LogP contribution < -0.4 is 10.2 Å². The molecule has 1 unspecified atom stereocenters. The highest BCUT2D eigenvalue weighted by atomic mass is 16.4. The first-order valence-electron chi connectivity index (χ1n) is 6.15. The lowest BCUT2D eigenvalue weighted by molar-refractivity contribution is 0.0690. The van der Waals surface area contributed by atoms with Crippen molar-refractivity contribution in [2.45, 2.75) is 6.04 Å². The summed E-state index contributed by atoms with van der Waals surface area (Å²) in [6.45, 7) is 2.61. The largest absolute Gasteiger partial charge is 0.477 e. The van der Waals surface area contributed by atoms with Crippen molar-refractivity contribution in [1.29, 1.82) is 0 Å². The van der Waals surface area contributed by atoms with Gasteiger partial charge in [0.2, 0.25) is 0 Å². The van der Waals surface area contributed by atoms with E-state index in [1.54, 1.807) is 12.1 Å². The second kappa shape index (κ2) is 4.42. The van der Waals surface area contributed by atoms with Crippen molar-refractivity contribution in [2.75, 3.05) is 31.1 Å². The van der Waals surface area contributed by atoms with E-state index < -0.39 is 5.97 Å². The highest BCUT2D eigenvalue weighted by molar-refractivity contribution is 5.85. The maximum atomic E-state index is 11.5. The molecule has 2 N–H and O–H groups in total. The SMILES string of the molecule is O=C(O)c1cccc(N2CCN3C(=O)NCC3C2)n1. The van der Waals surface area contributed by atoms with Crippen LogP contribution in [0.25, 0.3) is 0 Å². The highest BCUT2D eigenvalue weighted by Gasteiger charge is 2.35. The van der Waals surface area contributed by atoms with Crippen molar-refractivity contribution in [3.05, 3.63) is 23.9 Å². The van der Waals surface area contributed by atoms with Gasteiger partial charge in [-0.05, 0) is 12.1 Å². The van der Waals surface area contributed by atoms with Crippen LogP contribution in [0.3, 0.4) is 0 Å². The van der Waals surface area contributed by atoms with Gasteiger partial charge in [0.15, 0.2) is 5.69 Å². The Morgan fingerprint density at radius 1 is 1.42 bits per heavy atom. The number of pyridine rings is 1. The van der Waals surface area contributed by atoms with E-state index in [2.05, 4.69) is 10.3 Å². The molecule has 3 rings (SSSR count). The number of aromatic nitrogens is 1. The molecule has 3 heterocycles. The van der Waals surface area contributed by atoms with Crippen LogP contribution in [0.5, 0.6) is 0 Å². The molecule has 2 amide bonds. The van der Waals surface area contributed by atoms with Gasteiger partial charge < -0.3 is 20.2 Å². The highest BCUT2D eigenvalue weighted by Crippen LogP contribution is 2.19. The molecule has 1 atom stereocenters. The molecule has 0 saturated carbocycles. The molecule has 0 aromatic carbocycles. The van der Waals surface area contributed by atoms with Gasteiger partial charge >= 0.3 is 12.0 Å². The molecule has 0 spiro atoms. The number of carboxylic acid groups (broad SMARTS) is 1. The van der Waals surface area contributed by atoms with Crippen LogP contribution in [0.15, 0.2) is 18.2 Å². The summed E-state index contributed by atoms with van der Waals surface area (Å²) in [6.07, 6.45) is 0. The Hall–Kier alpha value is -2.31. The predicted octanol–water partition coefficient (Wildman–Crippen LogP) is -0.00640. The Labute approximate surface area is 109 Å². The molecule has 19 heavy (non-hydrogen) atoms. The van der Waals surface area contributed by atoms with Gasteiger partial charge in [0.05, 0.1) is 6.04 Å². The van der Waals surface area contributed by atoms with E-state index >= 15 is 0 Å². The first-order valence-corrected chi connectivity index (χ1v) is 6.15. The number of nitrogens with zero attached hydrogens (tertiary/aromatic N) is 3. The lowest BCUT2D eigenvalue weighted by Crippen LogP contribution is -2.52. The Kier molecular flexibility index (Phi) is 2.73. The molecule has 2 fully saturated rings. The summed E-state index contributed by atoms with van der Waals surface area (Å²) in [4.78, 5) is 30.4. The number of urea groups is 1. The lowest BCUT2D eigenvalue weighted by Gasteiger charge is -2.37. The molecule has 2 aliphatic heterocycles. The quantitative estimate of drug-likeness (QED) is 0.783. The number of fused-ring (bicyclic) bond motifs is 1. The number of rotatable bonds is 2. The minimum atomic E-state index is -1.03. The molecule has 7 nitrogen and oxygen atoms in total. The third-order valence-electron chi connectivity index (χ3n) is 3.51. The van der Waals surface area contributed by atoms with Crippen LogP contribution in [0.2, 0.25) is 0 Å². The normalized spacial score (nSPS) is 22.1. The first-order chi connectivity index (χ1) is 9.15. The zero-order chi connectivity index (χ0) is 13.4. The number of carboxylic acids is 1. The van der Waals surface area contributed by atoms with Gasteiger partial charge in [-0.2, -0.15) is 0 Å². The zero-order valence-electron chi connectivity index (χ0n) is 10.2. The van der Waals surface area contributed by atoms with Gasteiger partial charge in [-0.1, -0.05) is 6.07 Å². The van der Waals surface area contributed by atoms with Crippen molar-refractivity contribution in [3.63, 3.8) is 0 Å². The van der Waals surface area contributed by atoms with E-state index in [0.717, 1.165) is 0 Å². The van der Waals surface area contributed by atoms with Gasteiger partial charge in [-0.25, -0.2) is 14.6 Å². The molecule has 1 aromatic rings. The van der Waals surface area contributed by atoms with Crippen molar-refractivity contribution in [3.8, 4) is 0 Å². The lowest BCUT2D eigenvalue weighted by atomic mass is 10.2. The van der Waals surface area contributed by atoms with Gasteiger partial charge in [0.1, 0.15) is 5.82 Å². The van der Waals surface area contributed by atoms with Crippen LogP contribution in [-0.2, 0) is 0 Å². The van der Waals surface area contributed by atoms with Crippen molar-refractivity contribution in [2.24, 2.45) is 0 Å². The number of anilines is 1. The third kappa shape index (κ3) is 2.07. The summed E-state index contributed by atoms with van der Waals surface area (Å²) in [5.41, 5.74) is 0.0422. The number of amides is 2. The average molecular weight is 262 g/mol. The van der Waals surface area contributed by atoms with E-state index in [-0.39, 0.29) is 17.8 Å². The second-order valence-corrected chi connectivity index (χ2v) is 4.67. The van der Waals surface area contributed by atoms with Crippen molar-refractivity contribution in [1.82, 2.24) is 15.2 Å². The zero-order valence-corrected chi connectivity index (χ0v) is 10.2. The summed E-state index contributed by atoms with van der Waals surface area (Å²) < 4.78 is 0. The number of carbonyl (C=O) groups is 2. The Bertz CT molecular complexity index is 533. The predicted molar refractivity (Wildman–Crippen MR) is 67.3 cm³/mol. The summed E-state index contributed by atoms with van der Waals surface area (Å²) in [5, 5.41) is 11.8. The molecule has 1 aromatic heterocycles. The second-order valence-electron chi connectivity index (χ2n) is 4.67. The summed E-state index contributed by atoms with van der Waals surface area (Å²) >= 11 is 0. The molecule has 7 heteroatoms. The fourth-order valence-electron chi connectivity index (χ4n) is 2.53. The topological polar surface area (TPSA) is 85.8 Å². The average Bonchev–Trinajstić information content (AvgIpc) is 2.80. The standard InChI is InChI=1S/C12H14N4O3/c17-11(18)9-2-1-3-10(14-9)15-4-5-16-8(7-15)6-13-12(16)19/h1-3,8H,4-7H2,(H,13,19)(H,17,18). The minimum Gasteiger partial charge on any atom is -0.477 e. The minimum absolute atomic E-state index is 0.0168. The maximum absolute atomic E-state index is 11.5. The molecule has 0 aliphatic carbocycles.